The van der Waals surface area contributed by atoms with Crippen molar-refractivity contribution in [2.45, 2.75) is 18.5 Å². The number of fused-ring (bicyclic) bond motifs is 1. The van der Waals surface area contributed by atoms with Gasteiger partial charge in [-0.1, -0.05) is 11.6 Å². The molecule has 3 amide bonds. The third-order valence-corrected chi connectivity index (χ3v) is 5.93. The number of hydrogen-bond donors (Lipinski definition) is 1. The van der Waals surface area contributed by atoms with E-state index in [0.29, 0.717) is 23.0 Å². The van der Waals surface area contributed by atoms with Crippen LogP contribution in [0.25, 0.3) is 11.0 Å². The minimum Gasteiger partial charge on any atom is -0.330 e. The van der Waals surface area contributed by atoms with Crippen LogP contribution >= 0.6 is 23.4 Å². The van der Waals surface area contributed by atoms with Crippen molar-refractivity contribution in [1.82, 2.24) is 19.8 Å². The summed E-state index contributed by atoms with van der Waals surface area (Å²) in [4.78, 5) is 30.7. The van der Waals surface area contributed by atoms with E-state index in [0.717, 1.165) is 16.8 Å². The molecule has 23 heavy (non-hydrogen) atoms. The molecule has 1 atom stereocenters. The monoisotopic (exact) mass is 350 g/mol. The number of amides is 3. The van der Waals surface area contributed by atoms with Gasteiger partial charge in [0.1, 0.15) is 11.4 Å². The Morgan fingerprint density at radius 2 is 2.26 bits per heavy atom. The molecule has 1 aromatic carbocycles. The van der Waals surface area contributed by atoms with Gasteiger partial charge in [0.05, 0.1) is 17.6 Å². The van der Waals surface area contributed by atoms with Crippen LogP contribution in [-0.4, -0.2) is 43.4 Å². The Bertz CT molecular complexity index is 828. The van der Waals surface area contributed by atoms with Gasteiger partial charge in [0.2, 0.25) is 0 Å². The lowest BCUT2D eigenvalue weighted by Gasteiger charge is -2.19. The first-order valence-electron chi connectivity index (χ1n) is 7.33. The second-order valence-corrected chi connectivity index (χ2v) is 7.47. The summed E-state index contributed by atoms with van der Waals surface area (Å²) in [6, 6.07) is 5.13. The van der Waals surface area contributed by atoms with Crippen LogP contribution in [-0.2, 0) is 18.4 Å². The first-order chi connectivity index (χ1) is 11.0. The first-order valence-corrected chi connectivity index (χ1v) is 8.86. The first kappa shape index (κ1) is 14.8. The quantitative estimate of drug-likeness (QED) is 0.843. The number of aromatic nitrogens is 2. The lowest BCUT2D eigenvalue weighted by molar-refractivity contribution is -0.131. The predicted octanol–water partition coefficient (Wildman–Crippen LogP) is 2.15. The number of halogens is 1. The highest BCUT2D eigenvalue weighted by Gasteiger charge is 2.53. The SMILES string of the molecule is Cn1c(CN2C(=O)NC3(CCSC3)C2=O)nc2cc(Cl)ccc21. The van der Waals surface area contributed by atoms with Gasteiger partial charge in [-0.2, -0.15) is 11.8 Å². The smallest absolute Gasteiger partial charge is 0.325 e. The molecule has 1 spiro atoms. The molecule has 2 fully saturated rings. The molecule has 1 aromatic heterocycles. The van der Waals surface area contributed by atoms with Crippen LogP contribution in [0.15, 0.2) is 18.2 Å². The number of nitrogens with one attached hydrogen (secondary N) is 1. The van der Waals surface area contributed by atoms with E-state index in [-0.39, 0.29) is 18.5 Å². The van der Waals surface area contributed by atoms with Crippen molar-refractivity contribution < 1.29 is 9.59 Å². The summed E-state index contributed by atoms with van der Waals surface area (Å²) in [5, 5.41) is 3.48. The molecule has 8 heteroatoms. The maximum absolute atomic E-state index is 12.7. The number of rotatable bonds is 2. The third-order valence-electron chi connectivity index (χ3n) is 4.50. The third kappa shape index (κ3) is 2.21. The number of carbonyl (C=O) groups is 2. The summed E-state index contributed by atoms with van der Waals surface area (Å²) in [5.74, 6) is 2.06. The van der Waals surface area contributed by atoms with Gasteiger partial charge in [-0.25, -0.2) is 9.78 Å². The van der Waals surface area contributed by atoms with Crippen molar-refractivity contribution in [3.8, 4) is 0 Å². The molecule has 1 N–H and O–H groups in total. The molecular weight excluding hydrogens is 336 g/mol. The fourth-order valence-corrected chi connectivity index (χ4v) is 4.65. The lowest BCUT2D eigenvalue weighted by atomic mass is 9.99. The molecule has 6 nitrogen and oxygen atoms in total. The van der Waals surface area contributed by atoms with Gasteiger partial charge in [0, 0.05) is 17.8 Å². The number of carbonyl (C=O) groups excluding carboxylic acids is 2. The van der Waals surface area contributed by atoms with Crippen LogP contribution in [0.2, 0.25) is 5.02 Å². The Labute approximate surface area is 142 Å². The molecule has 0 radical (unpaired) electrons. The van der Waals surface area contributed by atoms with E-state index in [1.54, 1.807) is 23.9 Å². The fraction of sp³-hybridized carbons (Fsp3) is 0.400. The van der Waals surface area contributed by atoms with Crippen LogP contribution in [0.1, 0.15) is 12.2 Å². The Morgan fingerprint density at radius 3 is 3.00 bits per heavy atom. The minimum atomic E-state index is -0.713. The Morgan fingerprint density at radius 1 is 1.43 bits per heavy atom. The highest BCUT2D eigenvalue weighted by Crippen LogP contribution is 2.34. The van der Waals surface area contributed by atoms with E-state index >= 15 is 0 Å². The van der Waals surface area contributed by atoms with Crippen molar-refractivity contribution in [2.75, 3.05) is 11.5 Å². The Balaban J connectivity index is 1.67. The number of aryl methyl sites for hydroxylation is 1. The van der Waals surface area contributed by atoms with Crippen molar-refractivity contribution in [2.24, 2.45) is 7.05 Å². The second kappa shape index (κ2) is 5.14. The Hall–Kier alpha value is -1.73. The lowest BCUT2D eigenvalue weighted by Crippen LogP contribution is -2.46. The van der Waals surface area contributed by atoms with Gasteiger partial charge in [0.15, 0.2) is 0 Å². The van der Waals surface area contributed by atoms with Gasteiger partial charge in [-0.05, 0) is 30.4 Å². The molecule has 120 valence electrons. The number of imide groups is 1. The molecule has 2 aromatic rings. The highest BCUT2D eigenvalue weighted by molar-refractivity contribution is 7.99. The molecule has 0 aliphatic carbocycles. The number of imidazole rings is 1. The number of thioether (sulfide) groups is 1. The number of hydrogen-bond acceptors (Lipinski definition) is 4. The number of nitrogens with zero attached hydrogens (tertiary/aromatic N) is 3. The minimum absolute atomic E-state index is 0.141. The Kier molecular flexibility index (Phi) is 3.32. The van der Waals surface area contributed by atoms with Crippen molar-refractivity contribution in [1.29, 1.82) is 0 Å². The van der Waals surface area contributed by atoms with Gasteiger partial charge < -0.3 is 9.88 Å². The zero-order chi connectivity index (χ0) is 16.2. The molecule has 0 saturated carbocycles. The second-order valence-electron chi connectivity index (χ2n) is 5.93. The molecule has 1 unspecified atom stereocenters. The van der Waals surface area contributed by atoms with E-state index in [4.69, 9.17) is 11.6 Å². The predicted molar refractivity (Wildman–Crippen MR) is 89.5 cm³/mol. The van der Waals surface area contributed by atoms with E-state index in [2.05, 4.69) is 10.3 Å². The van der Waals surface area contributed by atoms with Crippen LogP contribution in [0.3, 0.4) is 0 Å². The molecule has 2 aliphatic rings. The normalized spacial score (nSPS) is 24.2. The number of benzene rings is 1. The topological polar surface area (TPSA) is 67.2 Å². The van der Waals surface area contributed by atoms with Crippen LogP contribution in [0.4, 0.5) is 4.79 Å². The average molecular weight is 351 g/mol. The molecular formula is C15H15ClN4O2S. The standard InChI is InChI=1S/C15H15ClN4O2S/c1-19-11-3-2-9(16)6-10(11)17-12(19)7-20-13(21)15(18-14(20)22)4-5-23-8-15/h2-3,6H,4-5,7-8H2,1H3,(H,18,22). The van der Waals surface area contributed by atoms with Crippen molar-refractivity contribution in [3.63, 3.8) is 0 Å². The zero-order valence-corrected chi connectivity index (χ0v) is 14.1. The number of urea groups is 1. The summed E-state index contributed by atoms with van der Waals surface area (Å²) in [5.41, 5.74) is 0.964. The van der Waals surface area contributed by atoms with Crippen molar-refractivity contribution >= 4 is 46.3 Å². The largest absolute Gasteiger partial charge is 0.330 e. The van der Waals surface area contributed by atoms with Crippen molar-refractivity contribution in [3.05, 3.63) is 29.0 Å². The molecule has 3 heterocycles. The van der Waals surface area contributed by atoms with E-state index < -0.39 is 5.54 Å². The zero-order valence-electron chi connectivity index (χ0n) is 12.5. The maximum Gasteiger partial charge on any atom is 0.325 e. The summed E-state index contributed by atoms with van der Waals surface area (Å²) < 4.78 is 1.89. The van der Waals surface area contributed by atoms with Gasteiger partial charge in [-0.15, -0.1) is 0 Å². The average Bonchev–Trinajstić information content (AvgIpc) is 3.15. The summed E-state index contributed by atoms with van der Waals surface area (Å²) >= 11 is 7.69. The molecule has 2 saturated heterocycles. The van der Waals surface area contributed by atoms with Crippen LogP contribution in [0, 0.1) is 0 Å². The maximum atomic E-state index is 12.7. The molecule has 2 aliphatic heterocycles. The summed E-state index contributed by atoms with van der Waals surface area (Å²) in [7, 11) is 1.87. The van der Waals surface area contributed by atoms with E-state index in [9.17, 15) is 9.59 Å². The highest BCUT2D eigenvalue weighted by atomic mass is 35.5. The van der Waals surface area contributed by atoms with Gasteiger partial charge in [0.25, 0.3) is 5.91 Å². The molecule has 0 bridgehead atoms. The van der Waals surface area contributed by atoms with Crippen LogP contribution in [0.5, 0.6) is 0 Å². The summed E-state index contributed by atoms with van der Waals surface area (Å²) in [6.45, 7) is 0.167. The van der Waals surface area contributed by atoms with E-state index in [1.807, 2.05) is 17.7 Å². The van der Waals surface area contributed by atoms with Gasteiger partial charge in [-0.3, -0.25) is 9.69 Å². The fourth-order valence-electron chi connectivity index (χ4n) is 3.16. The van der Waals surface area contributed by atoms with E-state index in [1.165, 1.54) is 4.90 Å². The van der Waals surface area contributed by atoms with Crippen LogP contribution < -0.4 is 5.32 Å². The van der Waals surface area contributed by atoms with Gasteiger partial charge >= 0.3 is 6.03 Å². The summed E-state index contributed by atoms with van der Waals surface area (Å²) in [6.07, 6.45) is 0.691. The molecule has 4 rings (SSSR count).